The van der Waals surface area contributed by atoms with Crippen LogP contribution in [0.15, 0.2) is 0 Å². The molecular formula is C13H28. The highest BCUT2D eigenvalue weighted by atomic mass is 14.3. The lowest BCUT2D eigenvalue weighted by Gasteiger charge is -2.28. The predicted molar refractivity (Wildman–Crippen MR) is 61.9 cm³/mol. The fourth-order valence-corrected chi connectivity index (χ4v) is 2.20. The molecular weight excluding hydrogens is 156 g/mol. The Morgan fingerprint density at radius 2 is 1.38 bits per heavy atom. The monoisotopic (exact) mass is 184 g/mol. The van der Waals surface area contributed by atoms with Crippen molar-refractivity contribution in [1.29, 1.82) is 0 Å². The first kappa shape index (κ1) is 13.0. The zero-order valence-electron chi connectivity index (χ0n) is 10.4. The fraction of sp³-hybridized carbons (Fsp3) is 1.00. The van der Waals surface area contributed by atoms with Crippen LogP contribution in [-0.2, 0) is 0 Å². The molecule has 0 nitrogen and oxygen atoms in total. The number of hydrogen-bond donors (Lipinski definition) is 0. The molecule has 3 unspecified atom stereocenters. The Labute approximate surface area is 85.1 Å². The Morgan fingerprint density at radius 3 is 1.69 bits per heavy atom. The predicted octanol–water partition coefficient (Wildman–Crippen LogP) is 4.74. The van der Waals surface area contributed by atoms with E-state index in [4.69, 9.17) is 0 Å². The van der Waals surface area contributed by atoms with Crippen LogP contribution in [0.3, 0.4) is 0 Å². The van der Waals surface area contributed by atoms with Crippen molar-refractivity contribution in [2.45, 2.75) is 60.8 Å². The lowest BCUT2D eigenvalue weighted by atomic mass is 9.77. The van der Waals surface area contributed by atoms with E-state index in [9.17, 15) is 0 Å². The molecule has 0 fully saturated rings. The van der Waals surface area contributed by atoms with Crippen LogP contribution in [0.4, 0.5) is 0 Å². The molecule has 0 aliphatic carbocycles. The van der Waals surface area contributed by atoms with Crippen LogP contribution in [0.1, 0.15) is 60.8 Å². The molecule has 0 amide bonds. The highest BCUT2D eigenvalue weighted by Gasteiger charge is 2.20. The number of hydrogen-bond acceptors (Lipinski definition) is 0. The van der Waals surface area contributed by atoms with Crippen molar-refractivity contribution in [3.05, 3.63) is 0 Å². The second-order valence-electron chi connectivity index (χ2n) is 5.04. The van der Waals surface area contributed by atoms with E-state index in [0.29, 0.717) is 0 Å². The highest BCUT2D eigenvalue weighted by molar-refractivity contribution is 4.70. The fourth-order valence-electron chi connectivity index (χ4n) is 2.20. The normalized spacial score (nSPS) is 18.7. The molecule has 13 heavy (non-hydrogen) atoms. The van der Waals surface area contributed by atoms with Gasteiger partial charge < -0.3 is 0 Å². The third-order valence-corrected chi connectivity index (χ3v) is 3.58. The zero-order valence-corrected chi connectivity index (χ0v) is 10.4. The summed E-state index contributed by atoms with van der Waals surface area (Å²) in [6, 6.07) is 0. The van der Waals surface area contributed by atoms with Crippen LogP contribution in [0.5, 0.6) is 0 Å². The van der Waals surface area contributed by atoms with Crippen molar-refractivity contribution in [2.24, 2.45) is 23.7 Å². The Bertz CT molecular complexity index is 115. The minimum absolute atomic E-state index is 0.858. The molecule has 0 aromatic rings. The molecule has 0 radical (unpaired) electrons. The van der Waals surface area contributed by atoms with Gasteiger partial charge >= 0.3 is 0 Å². The quantitative estimate of drug-likeness (QED) is 0.559. The molecule has 3 atom stereocenters. The van der Waals surface area contributed by atoms with E-state index in [1.54, 1.807) is 0 Å². The van der Waals surface area contributed by atoms with Crippen molar-refractivity contribution in [2.75, 3.05) is 0 Å². The van der Waals surface area contributed by atoms with Crippen LogP contribution in [-0.4, -0.2) is 0 Å². The van der Waals surface area contributed by atoms with Gasteiger partial charge in [-0.05, 0) is 30.1 Å². The lowest BCUT2D eigenvalue weighted by molar-refractivity contribution is 0.217. The molecule has 0 aliphatic heterocycles. The number of rotatable bonds is 6. The van der Waals surface area contributed by atoms with Crippen LogP contribution in [0.2, 0.25) is 0 Å². The van der Waals surface area contributed by atoms with E-state index >= 15 is 0 Å². The Morgan fingerprint density at radius 1 is 0.846 bits per heavy atom. The van der Waals surface area contributed by atoms with E-state index in [1.807, 2.05) is 0 Å². The van der Waals surface area contributed by atoms with Gasteiger partial charge in [0, 0.05) is 0 Å². The molecule has 0 saturated carbocycles. The third kappa shape index (κ3) is 4.69. The van der Waals surface area contributed by atoms with Crippen LogP contribution in [0, 0.1) is 23.7 Å². The van der Waals surface area contributed by atoms with Gasteiger partial charge in [0.05, 0.1) is 0 Å². The molecule has 0 spiro atoms. The molecule has 0 N–H and O–H groups in total. The second-order valence-corrected chi connectivity index (χ2v) is 5.04. The van der Waals surface area contributed by atoms with Gasteiger partial charge in [-0.25, -0.2) is 0 Å². The summed E-state index contributed by atoms with van der Waals surface area (Å²) >= 11 is 0. The summed E-state index contributed by atoms with van der Waals surface area (Å²) in [6.07, 6.45) is 4.08. The SMILES string of the molecule is CCC(C)C(C)C(CC)CC(C)C. The summed E-state index contributed by atoms with van der Waals surface area (Å²) < 4.78 is 0. The topological polar surface area (TPSA) is 0 Å². The average molecular weight is 184 g/mol. The summed E-state index contributed by atoms with van der Waals surface area (Å²) in [4.78, 5) is 0. The van der Waals surface area contributed by atoms with Gasteiger partial charge in [0.1, 0.15) is 0 Å². The summed E-state index contributed by atoms with van der Waals surface area (Å²) in [5, 5.41) is 0. The molecule has 0 heteroatoms. The van der Waals surface area contributed by atoms with Crippen LogP contribution >= 0.6 is 0 Å². The van der Waals surface area contributed by atoms with Crippen LogP contribution in [0.25, 0.3) is 0 Å². The summed E-state index contributed by atoms with van der Waals surface area (Å²) in [6.45, 7) is 14.2. The third-order valence-electron chi connectivity index (χ3n) is 3.58. The van der Waals surface area contributed by atoms with Crippen molar-refractivity contribution < 1.29 is 0 Å². The summed E-state index contributed by atoms with van der Waals surface area (Å²) in [5.41, 5.74) is 0. The van der Waals surface area contributed by atoms with Crippen molar-refractivity contribution >= 4 is 0 Å². The smallest absolute Gasteiger partial charge is 0.0386 e. The first-order valence-electron chi connectivity index (χ1n) is 6.02. The van der Waals surface area contributed by atoms with Gasteiger partial charge in [-0.2, -0.15) is 0 Å². The van der Waals surface area contributed by atoms with E-state index in [1.165, 1.54) is 19.3 Å². The van der Waals surface area contributed by atoms with Gasteiger partial charge in [0.25, 0.3) is 0 Å². The molecule has 80 valence electrons. The largest absolute Gasteiger partial charge is 0.0651 e. The minimum Gasteiger partial charge on any atom is -0.0651 e. The maximum atomic E-state index is 2.44. The lowest BCUT2D eigenvalue weighted by Crippen LogP contribution is -2.19. The molecule has 0 aromatic carbocycles. The van der Waals surface area contributed by atoms with E-state index < -0.39 is 0 Å². The van der Waals surface area contributed by atoms with E-state index in [2.05, 4.69) is 41.5 Å². The Hall–Kier alpha value is 0. The Balaban J connectivity index is 4.05. The molecule has 0 aromatic heterocycles. The van der Waals surface area contributed by atoms with Crippen molar-refractivity contribution in [3.63, 3.8) is 0 Å². The van der Waals surface area contributed by atoms with E-state index in [-0.39, 0.29) is 0 Å². The molecule has 0 aliphatic rings. The maximum Gasteiger partial charge on any atom is -0.0386 e. The molecule has 0 heterocycles. The highest BCUT2D eigenvalue weighted by Crippen LogP contribution is 2.30. The van der Waals surface area contributed by atoms with E-state index in [0.717, 1.165) is 23.7 Å². The molecule has 0 rings (SSSR count). The van der Waals surface area contributed by atoms with Gasteiger partial charge in [0.15, 0.2) is 0 Å². The zero-order chi connectivity index (χ0) is 10.4. The van der Waals surface area contributed by atoms with Gasteiger partial charge in [-0.3, -0.25) is 0 Å². The standard InChI is InChI=1S/C13H28/c1-7-11(5)12(6)13(8-2)9-10(3)4/h10-13H,7-9H2,1-6H3. The van der Waals surface area contributed by atoms with Crippen molar-refractivity contribution in [3.8, 4) is 0 Å². The van der Waals surface area contributed by atoms with Crippen molar-refractivity contribution in [1.82, 2.24) is 0 Å². The van der Waals surface area contributed by atoms with Crippen LogP contribution < -0.4 is 0 Å². The first-order valence-corrected chi connectivity index (χ1v) is 6.02. The Kier molecular flexibility index (Phi) is 6.45. The average Bonchev–Trinajstić information content (AvgIpc) is 2.11. The van der Waals surface area contributed by atoms with Gasteiger partial charge in [0.2, 0.25) is 0 Å². The minimum atomic E-state index is 0.858. The first-order chi connectivity index (χ1) is 6.02. The summed E-state index contributed by atoms with van der Waals surface area (Å²) in [5.74, 6) is 3.59. The molecule has 0 saturated heterocycles. The second kappa shape index (κ2) is 6.45. The van der Waals surface area contributed by atoms with Gasteiger partial charge in [-0.1, -0.05) is 54.4 Å². The molecule has 0 bridgehead atoms. The maximum absolute atomic E-state index is 2.44. The van der Waals surface area contributed by atoms with Gasteiger partial charge in [-0.15, -0.1) is 0 Å². The summed E-state index contributed by atoms with van der Waals surface area (Å²) in [7, 11) is 0.